The molecule has 0 aromatic heterocycles. The van der Waals surface area contributed by atoms with E-state index in [1.165, 1.54) is 0 Å². The van der Waals surface area contributed by atoms with Gasteiger partial charge < -0.3 is 4.12 Å². The molecule has 0 radical (unpaired) electrons. The Balaban J connectivity index is 2.19. The maximum absolute atomic E-state index is 4.85. The van der Waals surface area contributed by atoms with Gasteiger partial charge in [-0.25, -0.2) is 0 Å². The molecule has 0 spiro atoms. The van der Waals surface area contributed by atoms with Crippen LogP contribution >= 0.6 is 22.9 Å². The molecule has 0 fully saturated rings. The molecule has 0 aliphatic heterocycles. The van der Waals surface area contributed by atoms with Gasteiger partial charge in [-0.2, -0.15) is 0 Å². The van der Waals surface area contributed by atoms with Crippen LogP contribution in [0.2, 0.25) is 0 Å². The summed E-state index contributed by atoms with van der Waals surface area (Å²) in [6.07, 6.45) is 0. The van der Waals surface area contributed by atoms with Crippen LogP contribution in [0.1, 0.15) is 0 Å². The summed E-state index contributed by atoms with van der Waals surface area (Å²) in [5.74, 6) is 0. The molecule has 0 aliphatic carbocycles. The SMILES string of the molecule is [SiH3]O[SiH2]NI. The molecule has 0 heterocycles. The van der Waals surface area contributed by atoms with Crippen molar-refractivity contribution in [1.29, 1.82) is 0 Å². The molecule has 0 rings (SSSR count). The molecule has 0 atom stereocenters. The van der Waals surface area contributed by atoms with E-state index in [0.29, 0.717) is 0 Å². The third kappa shape index (κ3) is 5.08. The molecule has 1 N–H and O–H groups in total. The first-order valence-corrected chi connectivity index (χ1v) is 4.42. The molecule has 0 aromatic carbocycles. The van der Waals surface area contributed by atoms with Gasteiger partial charge in [0.05, 0.1) is 0 Å². The van der Waals surface area contributed by atoms with Crippen LogP contribution < -0.4 is 3.20 Å². The number of rotatable bonds is 2. The highest BCUT2D eigenvalue weighted by atomic mass is 127. The van der Waals surface area contributed by atoms with Gasteiger partial charge in [-0.05, 0) is 0 Å². The molecule has 0 saturated heterocycles. The first-order chi connectivity index (χ1) is 2.41. The fourth-order valence-corrected chi connectivity index (χ4v) is 3.29. The van der Waals surface area contributed by atoms with Crippen LogP contribution in [0.25, 0.3) is 0 Å². The number of hydrogen-bond donors (Lipinski definition) is 1. The van der Waals surface area contributed by atoms with Crippen LogP contribution in [0.5, 0.6) is 0 Å². The van der Waals surface area contributed by atoms with E-state index in [2.05, 4.69) is 26.1 Å². The smallest absolute Gasteiger partial charge is 0.232 e. The first-order valence-electron chi connectivity index (χ1n) is 1.24. The highest BCUT2D eigenvalue weighted by Gasteiger charge is 1.67. The van der Waals surface area contributed by atoms with E-state index in [9.17, 15) is 0 Å². The minimum atomic E-state index is -0.270. The summed E-state index contributed by atoms with van der Waals surface area (Å²) in [7, 11) is 0.624. The normalized spacial score (nSPS) is 11.4. The Kier molecular flexibility index (Phi) is 6.19. The maximum Gasteiger partial charge on any atom is 0.232 e. The zero-order valence-electron chi connectivity index (χ0n) is 2.99. The lowest BCUT2D eigenvalue weighted by Crippen LogP contribution is -2.07. The number of hydrogen-bond acceptors (Lipinski definition) is 2. The van der Waals surface area contributed by atoms with Gasteiger partial charge in [-0.3, -0.25) is 3.20 Å². The molecule has 5 heavy (non-hydrogen) atoms. The first kappa shape index (κ1) is 6.08. The van der Waals surface area contributed by atoms with Gasteiger partial charge in [-0.15, -0.1) is 0 Å². The summed E-state index contributed by atoms with van der Waals surface area (Å²) in [4.78, 5) is 0. The summed E-state index contributed by atoms with van der Waals surface area (Å²) in [6, 6.07) is 0. The standard InChI is InChI=1S/H6INOSi2/c1-2-5-3-4/h2H,5H2,4H3. The van der Waals surface area contributed by atoms with Crippen molar-refractivity contribution in [3.05, 3.63) is 0 Å². The molecule has 0 amide bonds. The monoisotopic (exact) mass is 219 g/mol. The van der Waals surface area contributed by atoms with Gasteiger partial charge >= 0.3 is 0 Å². The molecular formula is H6INOSi2. The lowest BCUT2D eigenvalue weighted by atomic mass is 13.9. The Bertz CT molecular complexity index is 17.1. The fourth-order valence-electron chi connectivity index (χ4n) is 0.0546. The lowest BCUT2D eigenvalue weighted by Gasteiger charge is -1.85. The minimum absolute atomic E-state index is 0.270. The highest BCUT2D eigenvalue weighted by molar-refractivity contribution is 14.1. The van der Waals surface area contributed by atoms with Crippen LogP contribution in [0, 0.1) is 0 Å². The molecule has 32 valence electrons. The van der Waals surface area contributed by atoms with Crippen LogP contribution in [0.3, 0.4) is 0 Å². The Labute approximate surface area is 50.7 Å². The molecule has 5 heteroatoms. The van der Waals surface area contributed by atoms with E-state index in [1.54, 1.807) is 0 Å². The zero-order valence-corrected chi connectivity index (χ0v) is 8.57. The predicted molar refractivity (Wildman–Crippen MR) is 36.7 cm³/mol. The third-order valence-electron chi connectivity index (χ3n) is 0.199. The van der Waals surface area contributed by atoms with E-state index >= 15 is 0 Å². The Morgan fingerprint density at radius 2 is 2.60 bits per heavy atom. The second kappa shape index (κ2) is 5.08. The molecule has 0 aromatic rings. The van der Waals surface area contributed by atoms with Crippen molar-refractivity contribution in [1.82, 2.24) is 3.20 Å². The van der Waals surface area contributed by atoms with Crippen molar-refractivity contribution in [2.75, 3.05) is 0 Å². The number of halogens is 1. The molecule has 2 nitrogen and oxygen atoms in total. The van der Waals surface area contributed by atoms with Crippen LogP contribution in [0.15, 0.2) is 0 Å². The largest absolute Gasteiger partial charge is 0.457 e. The second-order valence-corrected chi connectivity index (χ2v) is 5.72. The quantitative estimate of drug-likeness (QED) is 0.337. The summed E-state index contributed by atoms with van der Waals surface area (Å²) in [5.41, 5.74) is 0. The minimum Gasteiger partial charge on any atom is -0.457 e. The van der Waals surface area contributed by atoms with Crippen molar-refractivity contribution in [2.45, 2.75) is 0 Å². The molecular weight excluding hydrogens is 213 g/mol. The van der Waals surface area contributed by atoms with E-state index < -0.39 is 0 Å². The van der Waals surface area contributed by atoms with Gasteiger partial charge in [0.25, 0.3) is 0 Å². The second-order valence-electron chi connectivity index (χ2n) is 0.567. The van der Waals surface area contributed by atoms with E-state index in [1.807, 2.05) is 0 Å². The van der Waals surface area contributed by atoms with Gasteiger partial charge in [0.2, 0.25) is 9.92 Å². The Morgan fingerprint density at radius 1 is 2.00 bits per heavy atom. The lowest BCUT2D eigenvalue weighted by molar-refractivity contribution is 0.662. The third-order valence-corrected chi connectivity index (χ3v) is 2.40. The van der Waals surface area contributed by atoms with Gasteiger partial charge in [0.1, 0.15) is 10.5 Å². The zero-order chi connectivity index (χ0) is 4.12. The van der Waals surface area contributed by atoms with Gasteiger partial charge in [-0.1, -0.05) is 0 Å². The molecule has 0 bridgehead atoms. The van der Waals surface area contributed by atoms with Crippen LogP contribution in [-0.4, -0.2) is 20.4 Å². The molecule has 0 saturated carbocycles. The summed E-state index contributed by atoms with van der Waals surface area (Å²) in [5, 5.41) is 0. The average Bonchev–Trinajstić information content (AvgIpc) is 1.41. The average molecular weight is 219 g/mol. The van der Waals surface area contributed by atoms with Crippen molar-refractivity contribution in [2.24, 2.45) is 0 Å². The molecule has 0 unspecified atom stereocenters. The maximum atomic E-state index is 4.85. The van der Waals surface area contributed by atoms with E-state index in [-0.39, 0.29) is 9.92 Å². The predicted octanol–water partition coefficient (Wildman–Crippen LogP) is -1.78. The van der Waals surface area contributed by atoms with Crippen molar-refractivity contribution < 1.29 is 4.12 Å². The molecule has 0 aliphatic rings. The summed E-state index contributed by atoms with van der Waals surface area (Å²) < 4.78 is 7.79. The van der Waals surface area contributed by atoms with Crippen molar-refractivity contribution in [3.63, 3.8) is 0 Å². The summed E-state index contributed by atoms with van der Waals surface area (Å²) in [6.45, 7) is 0. The van der Waals surface area contributed by atoms with E-state index in [0.717, 1.165) is 10.5 Å². The van der Waals surface area contributed by atoms with Crippen LogP contribution in [0.4, 0.5) is 0 Å². The topological polar surface area (TPSA) is 21.3 Å². The van der Waals surface area contributed by atoms with Gasteiger partial charge in [0, 0.05) is 22.9 Å². The van der Waals surface area contributed by atoms with E-state index in [4.69, 9.17) is 4.12 Å². The highest BCUT2D eigenvalue weighted by Crippen LogP contribution is 1.60. The Hall–Kier alpha value is 1.08. The van der Waals surface area contributed by atoms with Crippen LogP contribution in [-0.2, 0) is 4.12 Å². The fraction of sp³-hybridized carbons (Fsp3) is 0. The summed E-state index contributed by atoms with van der Waals surface area (Å²) >= 11 is 2.10. The van der Waals surface area contributed by atoms with Crippen molar-refractivity contribution in [3.8, 4) is 0 Å². The Morgan fingerprint density at radius 3 is 2.60 bits per heavy atom. The van der Waals surface area contributed by atoms with Crippen molar-refractivity contribution >= 4 is 43.3 Å². The van der Waals surface area contributed by atoms with Gasteiger partial charge in [0.15, 0.2) is 0 Å². The number of nitrogens with one attached hydrogen (secondary N) is 1.